The largest absolute Gasteiger partial charge is 0.300 e. The zero-order chi connectivity index (χ0) is 13.9. The molecule has 1 aromatic rings. The zero-order valence-electron chi connectivity index (χ0n) is 12.7. The highest BCUT2D eigenvalue weighted by molar-refractivity contribution is 5.14. The van der Waals surface area contributed by atoms with Crippen LogP contribution in [-0.4, -0.2) is 29.5 Å². The third-order valence-electron chi connectivity index (χ3n) is 3.35. The first-order valence-electron chi connectivity index (χ1n) is 7.55. The van der Waals surface area contributed by atoms with Crippen LogP contribution in [0.25, 0.3) is 0 Å². The number of hydrogen-bond donors (Lipinski definition) is 0. The van der Waals surface area contributed by atoms with Crippen LogP contribution in [0.1, 0.15) is 51.5 Å². The number of pyridine rings is 1. The Morgan fingerprint density at radius 2 is 1.95 bits per heavy atom. The molecule has 0 aliphatic rings. The van der Waals surface area contributed by atoms with Crippen molar-refractivity contribution in [3.05, 3.63) is 42.2 Å². The molecule has 0 fully saturated rings. The van der Waals surface area contributed by atoms with Gasteiger partial charge in [-0.05, 0) is 49.9 Å². The van der Waals surface area contributed by atoms with Crippen molar-refractivity contribution < 1.29 is 0 Å². The second-order valence-electron chi connectivity index (χ2n) is 5.20. The number of nitrogens with zero attached hydrogens (tertiary/aromatic N) is 2. The van der Waals surface area contributed by atoms with Crippen molar-refractivity contribution in [2.75, 3.05) is 19.6 Å². The molecule has 19 heavy (non-hydrogen) atoms. The molecule has 1 unspecified atom stereocenters. The van der Waals surface area contributed by atoms with E-state index in [4.69, 9.17) is 0 Å². The van der Waals surface area contributed by atoms with Crippen molar-refractivity contribution in [3.63, 3.8) is 0 Å². The quantitative estimate of drug-likeness (QED) is 0.617. The molecule has 0 aromatic carbocycles. The predicted octanol–water partition coefficient (Wildman–Crippen LogP) is 4.25. The minimum absolute atomic E-state index is 0.552. The van der Waals surface area contributed by atoms with Gasteiger partial charge in [-0.1, -0.05) is 39.0 Å². The summed E-state index contributed by atoms with van der Waals surface area (Å²) in [4.78, 5) is 6.70. The number of aromatic nitrogens is 1. The lowest BCUT2D eigenvalue weighted by atomic mass is 9.99. The van der Waals surface area contributed by atoms with E-state index in [1.165, 1.54) is 31.5 Å². The lowest BCUT2D eigenvalue weighted by molar-refractivity contribution is 0.303. The molecule has 0 saturated carbocycles. The molecule has 0 amide bonds. The van der Waals surface area contributed by atoms with Gasteiger partial charge in [0.15, 0.2) is 0 Å². The molecule has 1 rings (SSSR count). The Hall–Kier alpha value is -1.15. The molecular formula is C17H28N2. The molecule has 2 nitrogen and oxygen atoms in total. The summed E-state index contributed by atoms with van der Waals surface area (Å²) in [6, 6.07) is 4.17. The highest BCUT2D eigenvalue weighted by Crippen LogP contribution is 2.17. The van der Waals surface area contributed by atoms with Gasteiger partial charge < -0.3 is 0 Å². The van der Waals surface area contributed by atoms with Gasteiger partial charge in [0, 0.05) is 18.9 Å². The van der Waals surface area contributed by atoms with Gasteiger partial charge in [-0.2, -0.15) is 0 Å². The molecule has 106 valence electrons. The Kier molecular flexibility index (Phi) is 8.15. The minimum atomic E-state index is 0.552. The maximum atomic E-state index is 4.18. The first-order valence-corrected chi connectivity index (χ1v) is 7.55. The maximum absolute atomic E-state index is 4.18. The lowest BCUT2D eigenvalue weighted by Crippen LogP contribution is -2.25. The summed E-state index contributed by atoms with van der Waals surface area (Å²) < 4.78 is 0. The van der Waals surface area contributed by atoms with Crippen LogP contribution in [-0.2, 0) is 0 Å². The average Bonchev–Trinajstić information content (AvgIpc) is 2.44. The van der Waals surface area contributed by atoms with Crippen LogP contribution in [0.2, 0.25) is 0 Å². The Morgan fingerprint density at radius 1 is 1.21 bits per heavy atom. The van der Waals surface area contributed by atoms with E-state index in [0.29, 0.717) is 5.92 Å². The molecule has 1 heterocycles. The van der Waals surface area contributed by atoms with Crippen molar-refractivity contribution in [2.24, 2.45) is 0 Å². The van der Waals surface area contributed by atoms with Crippen LogP contribution < -0.4 is 0 Å². The van der Waals surface area contributed by atoms with E-state index < -0.39 is 0 Å². The van der Waals surface area contributed by atoms with Crippen molar-refractivity contribution >= 4 is 0 Å². The third kappa shape index (κ3) is 6.53. The topological polar surface area (TPSA) is 16.1 Å². The van der Waals surface area contributed by atoms with Crippen LogP contribution in [0.4, 0.5) is 0 Å². The molecule has 0 aliphatic heterocycles. The van der Waals surface area contributed by atoms with Gasteiger partial charge in [0.2, 0.25) is 0 Å². The van der Waals surface area contributed by atoms with Gasteiger partial charge in [-0.25, -0.2) is 0 Å². The number of rotatable bonds is 9. The summed E-state index contributed by atoms with van der Waals surface area (Å²) >= 11 is 0. The first-order chi connectivity index (χ1) is 9.27. The highest BCUT2D eigenvalue weighted by Gasteiger charge is 2.03. The van der Waals surface area contributed by atoms with Crippen molar-refractivity contribution in [1.82, 2.24) is 9.88 Å². The molecular weight excluding hydrogens is 232 g/mol. The minimum Gasteiger partial charge on any atom is -0.300 e. The second kappa shape index (κ2) is 9.74. The zero-order valence-corrected chi connectivity index (χ0v) is 12.7. The summed E-state index contributed by atoms with van der Waals surface area (Å²) in [5.41, 5.74) is 1.33. The third-order valence-corrected chi connectivity index (χ3v) is 3.35. The molecule has 1 aromatic heterocycles. The van der Waals surface area contributed by atoms with E-state index in [0.717, 1.165) is 13.0 Å². The maximum Gasteiger partial charge on any atom is 0.0302 e. The summed E-state index contributed by atoms with van der Waals surface area (Å²) in [5.74, 6) is 0.552. The molecule has 0 spiro atoms. The Balaban J connectivity index is 2.32. The lowest BCUT2D eigenvalue weighted by Gasteiger charge is -2.18. The smallest absolute Gasteiger partial charge is 0.0302 e. The fourth-order valence-corrected chi connectivity index (χ4v) is 2.25. The molecule has 0 radical (unpaired) electrons. The SMILES string of the molecule is CCCN(C/C=C/CC(C)c1cccnc1)CCC. The molecule has 0 bridgehead atoms. The predicted molar refractivity (Wildman–Crippen MR) is 83.4 cm³/mol. The van der Waals surface area contributed by atoms with E-state index in [2.05, 4.69) is 48.9 Å². The van der Waals surface area contributed by atoms with E-state index in [1.807, 2.05) is 18.5 Å². The molecule has 0 N–H and O–H groups in total. The van der Waals surface area contributed by atoms with Crippen LogP contribution in [0.5, 0.6) is 0 Å². The van der Waals surface area contributed by atoms with Crippen molar-refractivity contribution in [2.45, 2.75) is 46.0 Å². The van der Waals surface area contributed by atoms with E-state index >= 15 is 0 Å². The summed E-state index contributed by atoms with van der Waals surface area (Å²) in [6.07, 6.45) is 12.0. The Morgan fingerprint density at radius 3 is 2.53 bits per heavy atom. The summed E-state index contributed by atoms with van der Waals surface area (Å²) in [5, 5.41) is 0. The van der Waals surface area contributed by atoms with Crippen LogP contribution in [0.3, 0.4) is 0 Å². The summed E-state index contributed by atoms with van der Waals surface area (Å²) in [6.45, 7) is 10.2. The molecule has 0 aliphatic carbocycles. The van der Waals surface area contributed by atoms with Gasteiger partial charge in [-0.15, -0.1) is 0 Å². The van der Waals surface area contributed by atoms with Gasteiger partial charge in [0.1, 0.15) is 0 Å². The van der Waals surface area contributed by atoms with Crippen molar-refractivity contribution in [1.29, 1.82) is 0 Å². The van der Waals surface area contributed by atoms with E-state index in [9.17, 15) is 0 Å². The van der Waals surface area contributed by atoms with Gasteiger partial charge in [0.25, 0.3) is 0 Å². The monoisotopic (exact) mass is 260 g/mol. The van der Waals surface area contributed by atoms with Crippen molar-refractivity contribution in [3.8, 4) is 0 Å². The fourth-order valence-electron chi connectivity index (χ4n) is 2.25. The second-order valence-corrected chi connectivity index (χ2v) is 5.20. The summed E-state index contributed by atoms with van der Waals surface area (Å²) in [7, 11) is 0. The van der Waals surface area contributed by atoms with Gasteiger partial charge >= 0.3 is 0 Å². The molecule has 2 heteroatoms. The first kappa shape index (κ1) is 15.9. The van der Waals surface area contributed by atoms with Gasteiger partial charge in [0.05, 0.1) is 0 Å². The van der Waals surface area contributed by atoms with Crippen LogP contribution in [0.15, 0.2) is 36.7 Å². The number of allylic oxidation sites excluding steroid dienone is 1. The molecule has 0 saturated heterocycles. The van der Waals surface area contributed by atoms with Gasteiger partial charge in [-0.3, -0.25) is 9.88 Å². The Bertz CT molecular complexity index is 340. The van der Waals surface area contributed by atoms with Crippen LogP contribution in [0, 0.1) is 0 Å². The standard InChI is InChI=1S/C17H28N2/c1-4-12-19(13-5-2)14-7-6-9-16(3)17-10-8-11-18-15-17/h6-8,10-11,15-16H,4-5,9,12-14H2,1-3H3/b7-6+. The van der Waals surface area contributed by atoms with Crippen LogP contribution >= 0.6 is 0 Å². The fraction of sp³-hybridized carbons (Fsp3) is 0.588. The molecule has 1 atom stereocenters. The van der Waals surface area contributed by atoms with E-state index in [-0.39, 0.29) is 0 Å². The normalized spacial score (nSPS) is 13.3. The highest BCUT2D eigenvalue weighted by atomic mass is 15.1. The van der Waals surface area contributed by atoms with E-state index in [1.54, 1.807) is 0 Å². The Labute approximate surface area is 118 Å². The number of hydrogen-bond acceptors (Lipinski definition) is 2. The average molecular weight is 260 g/mol.